The van der Waals surface area contributed by atoms with Crippen molar-refractivity contribution in [2.24, 2.45) is 0 Å². The zero-order valence-corrected chi connectivity index (χ0v) is 30.4. The van der Waals surface area contributed by atoms with Gasteiger partial charge in [0.25, 0.3) is 0 Å². The smallest absolute Gasteiger partial charge is 0.165 e. The van der Waals surface area contributed by atoms with E-state index in [0.717, 1.165) is 39.1 Å². The standard InChI is InChI=1S/C53H33N3/c1-4-17-35(18-5-1)50-52(55-46-27-15-14-26-45(46)54-50)56-47-31-30-43-48(49(47)41-29-28-34-16-12-13-25-40(34)51(41)56)42-32-36-19-10-11-20-37(36)33-44(42)53(43,38-21-6-2-7-22-38)39-23-8-3-9-24-39/h1-33H. The molecule has 260 valence electrons. The first-order valence-electron chi connectivity index (χ1n) is 19.3. The molecule has 56 heavy (non-hydrogen) atoms. The molecular formula is C53H33N3. The summed E-state index contributed by atoms with van der Waals surface area (Å²) in [7, 11) is 0. The molecule has 9 aromatic carbocycles. The second kappa shape index (κ2) is 11.8. The zero-order valence-electron chi connectivity index (χ0n) is 30.4. The summed E-state index contributed by atoms with van der Waals surface area (Å²) < 4.78 is 2.40. The van der Waals surface area contributed by atoms with E-state index in [1.807, 2.05) is 12.1 Å². The number of hydrogen-bond acceptors (Lipinski definition) is 2. The van der Waals surface area contributed by atoms with Crippen LogP contribution < -0.4 is 0 Å². The second-order valence-corrected chi connectivity index (χ2v) is 14.9. The average Bonchev–Trinajstić information content (AvgIpc) is 3.76. The first-order valence-corrected chi connectivity index (χ1v) is 19.3. The monoisotopic (exact) mass is 711 g/mol. The first-order chi connectivity index (χ1) is 27.8. The largest absolute Gasteiger partial charge is 0.291 e. The highest BCUT2D eigenvalue weighted by Crippen LogP contribution is 2.60. The summed E-state index contributed by atoms with van der Waals surface area (Å²) in [6.07, 6.45) is 0. The van der Waals surface area contributed by atoms with Gasteiger partial charge in [0, 0.05) is 21.7 Å². The van der Waals surface area contributed by atoms with E-state index in [9.17, 15) is 0 Å². The van der Waals surface area contributed by atoms with Crippen LogP contribution >= 0.6 is 0 Å². The Morgan fingerprint density at radius 3 is 1.73 bits per heavy atom. The van der Waals surface area contributed by atoms with Crippen molar-refractivity contribution in [2.75, 3.05) is 0 Å². The van der Waals surface area contributed by atoms with Gasteiger partial charge in [0.15, 0.2) is 5.82 Å². The van der Waals surface area contributed by atoms with E-state index < -0.39 is 5.41 Å². The molecule has 0 aliphatic heterocycles. The van der Waals surface area contributed by atoms with Crippen molar-refractivity contribution in [1.82, 2.24) is 14.5 Å². The van der Waals surface area contributed by atoms with E-state index in [0.29, 0.717) is 0 Å². The summed E-state index contributed by atoms with van der Waals surface area (Å²) in [6.45, 7) is 0. The van der Waals surface area contributed by atoms with E-state index in [1.54, 1.807) is 0 Å². The Hall–Kier alpha value is -7.36. The number of rotatable bonds is 4. The number of benzene rings is 9. The maximum atomic E-state index is 5.50. The van der Waals surface area contributed by atoms with E-state index in [4.69, 9.17) is 9.97 Å². The first kappa shape index (κ1) is 31.0. The molecule has 1 aliphatic carbocycles. The third kappa shape index (κ3) is 4.22. The van der Waals surface area contributed by atoms with Crippen LogP contribution in [-0.2, 0) is 5.41 Å². The molecule has 11 aromatic rings. The van der Waals surface area contributed by atoms with E-state index in [1.165, 1.54) is 65.7 Å². The molecule has 2 heterocycles. The van der Waals surface area contributed by atoms with Gasteiger partial charge < -0.3 is 0 Å². The van der Waals surface area contributed by atoms with Gasteiger partial charge in [-0.3, -0.25) is 4.57 Å². The molecule has 0 amide bonds. The van der Waals surface area contributed by atoms with Crippen molar-refractivity contribution >= 4 is 54.4 Å². The second-order valence-electron chi connectivity index (χ2n) is 14.9. The molecule has 3 nitrogen and oxygen atoms in total. The summed E-state index contributed by atoms with van der Waals surface area (Å²) in [5, 5.41) is 7.25. The number of nitrogens with zero attached hydrogens (tertiary/aromatic N) is 3. The van der Waals surface area contributed by atoms with Gasteiger partial charge in [0.05, 0.1) is 27.5 Å². The molecule has 0 unspecified atom stereocenters. The number of hydrogen-bond donors (Lipinski definition) is 0. The predicted octanol–water partition coefficient (Wildman–Crippen LogP) is 13.1. The van der Waals surface area contributed by atoms with Gasteiger partial charge in [0.2, 0.25) is 0 Å². The van der Waals surface area contributed by atoms with Crippen LogP contribution in [0.5, 0.6) is 0 Å². The van der Waals surface area contributed by atoms with E-state index in [2.05, 4.69) is 193 Å². The van der Waals surface area contributed by atoms with Gasteiger partial charge >= 0.3 is 0 Å². The molecule has 3 heteroatoms. The average molecular weight is 712 g/mol. The lowest BCUT2D eigenvalue weighted by Gasteiger charge is -2.34. The summed E-state index contributed by atoms with van der Waals surface area (Å²) >= 11 is 0. The van der Waals surface area contributed by atoms with Crippen LogP contribution in [0.1, 0.15) is 22.3 Å². The Kier molecular flexibility index (Phi) is 6.55. The summed E-state index contributed by atoms with van der Waals surface area (Å²) in [6, 6.07) is 72.7. The Labute approximate surface area is 323 Å². The molecule has 0 fully saturated rings. The van der Waals surface area contributed by atoms with Crippen LogP contribution in [-0.4, -0.2) is 14.5 Å². The van der Waals surface area contributed by atoms with Gasteiger partial charge in [-0.1, -0.05) is 170 Å². The Bertz CT molecular complexity index is 3310. The van der Waals surface area contributed by atoms with Crippen molar-refractivity contribution in [3.8, 4) is 28.2 Å². The molecule has 2 aromatic heterocycles. The van der Waals surface area contributed by atoms with Crippen LogP contribution in [0, 0.1) is 0 Å². The number of para-hydroxylation sites is 2. The lowest BCUT2D eigenvalue weighted by Crippen LogP contribution is -2.28. The van der Waals surface area contributed by atoms with Crippen LogP contribution in [0.3, 0.4) is 0 Å². The minimum Gasteiger partial charge on any atom is -0.291 e. The molecule has 0 N–H and O–H groups in total. The number of fused-ring (bicyclic) bond motifs is 11. The highest BCUT2D eigenvalue weighted by Gasteiger charge is 2.47. The molecule has 12 rings (SSSR count). The topological polar surface area (TPSA) is 30.7 Å². The molecule has 1 aliphatic rings. The Morgan fingerprint density at radius 1 is 0.429 bits per heavy atom. The SMILES string of the molecule is c1ccc(-c2nc3ccccc3nc2-n2c3ccc4c(c3c3ccc5ccccc5c32)-c2cc3ccccc3cc2C4(c2ccccc2)c2ccccc2)cc1. The summed E-state index contributed by atoms with van der Waals surface area (Å²) in [5.74, 6) is 0.820. The van der Waals surface area contributed by atoms with Crippen molar-refractivity contribution in [3.05, 3.63) is 222 Å². The quantitative estimate of drug-likeness (QED) is 0.182. The fourth-order valence-corrected chi connectivity index (χ4v) is 9.68. The third-order valence-electron chi connectivity index (χ3n) is 12.0. The minimum absolute atomic E-state index is 0.547. The third-order valence-corrected chi connectivity index (χ3v) is 12.0. The van der Waals surface area contributed by atoms with E-state index >= 15 is 0 Å². The summed E-state index contributed by atoms with van der Waals surface area (Å²) in [5.41, 5.74) is 12.9. The molecule has 0 spiro atoms. The fourth-order valence-electron chi connectivity index (χ4n) is 9.68. The van der Waals surface area contributed by atoms with Crippen LogP contribution in [0.15, 0.2) is 200 Å². The molecule has 0 saturated heterocycles. The predicted molar refractivity (Wildman–Crippen MR) is 232 cm³/mol. The van der Waals surface area contributed by atoms with Crippen LogP contribution in [0.25, 0.3) is 82.6 Å². The van der Waals surface area contributed by atoms with Crippen molar-refractivity contribution in [1.29, 1.82) is 0 Å². The highest BCUT2D eigenvalue weighted by molar-refractivity contribution is 6.24. The Morgan fingerprint density at radius 2 is 1.02 bits per heavy atom. The highest BCUT2D eigenvalue weighted by atomic mass is 15.1. The zero-order chi connectivity index (χ0) is 36.8. The number of aromatic nitrogens is 3. The maximum Gasteiger partial charge on any atom is 0.165 e. The molecular weight excluding hydrogens is 679 g/mol. The lowest BCUT2D eigenvalue weighted by atomic mass is 9.67. The van der Waals surface area contributed by atoms with Gasteiger partial charge in [-0.25, -0.2) is 9.97 Å². The van der Waals surface area contributed by atoms with Crippen molar-refractivity contribution in [3.63, 3.8) is 0 Å². The van der Waals surface area contributed by atoms with Crippen molar-refractivity contribution < 1.29 is 0 Å². The van der Waals surface area contributed by atoms with E-state index in [-0.39, 0.29) is 0 Å². The van der Waals surface area contributed by atoms with Gasteiger partial charge in [-0.15, -0.1) is 0 Å². The molecule has 0 radical (unpaired) electrons. The molecule has 0 atom stereocenters. The van der Waals surface area contributed by atoms with Crippen LogP contribution in [0.2, 0.25) is 0 Å². The van der Waals surface area contributed by atoms with Gasteiger partial charge in [-0.05, 0) is 79.9 Å². The molecule has 0 bridgehead atoms. The summed E-state index contributed by atoms with van der Waals surface area (Å²) in [4.78, 5) is 10.9. The Balaban J connectivity index is 1.31. The normalized spacial score (nSPS) is 13.1. The van der Waals surface area contributed by atoms with Crippen molar-refractivity contribution in [2.45, 2.75) is 5.41 Å². The maximum absolute atomic E-state index is 5.50. The van der Waals surface area contributed by atoms with Gasteiger partial charge in [-0.2, -0.15) is 0 Å². The minimum atomic E-state index is -0.547. The molecule has 0 saturated carbocycles. The fraction of sp³-hybridized carbons (Fsp3) is 0.0189. The van der Waals surface area contributed by atoms with Crippen LogP contribution in [0.4, 0.5) is 0 Å². The van der Waals surface area contributed by atoms with Gasteiger partial charge in [0.1, 0.15) is 5.69 Å². The lowest BCUT2D eigenvalue weighted by molar-refractivity contribution is 0.770.